The highest BCUT2D eigenvalue weighted by Crippen LogP contribution is 2.42. The Balaban J connectivity index is 1.39. The molecule has 74 heavy (non-hydrogen) atoms. The van der Waals surface area contributed by atoms with Crippen molar-refractivity contribution in [2.75, 3.05) is 28.4 Å². The maximum atomic E-state index is 8.27. The summed E-state index contributed by atoms with van der Waals surface area (Å²) in [6, 6.07) is 75.6. The summed E-state index contributed by atoms with van der Waals surface area (Å²) in [5, 5.41) is 4.04. The Kier molecular flexibility index (Phi) is 14.4. The molecular formula is C52H52O14Si8. The van der Waals surface area contributed by atoms with Gasteiger partial charge in [0.05, 0.1) is 0 Å². The second-order valence-electron chi connectivity index (χ2n) is 17.2. The quantitative estimate of drug-likeness (QED) is 0.166. The third kappa shape index (κ3) is 9.09. The lowest BCUT2D eigenvalue weighted by molar-refractivity contribution is 0.0303. The lowest BCUT2D eigenvalue weighted by Crippen LogP contribution is -2.90. The summed E-state index contributed by atoms with van der Waals surface area (Å²) in [4.78, 5) is 0. The molecule has 4 saturated heterocycles. The van der Waals surface area contributed by atoms with Crippen LogP contribution in [0.4, 0.5) is 0 Å². The highest BCUT2D eigenvalue weighted by Gasteiger charge is 2.80. The van der Waals surface area contributed by atoms with Gasteiger partial charge >= 0.3 is 70.4 Å². The maximum Gasteiger partial charge on any atom is 0.522 e. The zero-order chi connectivity index (χ0) is 50.8. The van der Waals surface area contributed by atoms with Gasteiger partial charge in [0.2, 0.25) is 0 Å². The zero-order valence-electron chi connectivity index (χ0n) is 40.8. The van der Waals surface area contributed by atoms with Crippen LogP contribution >= 0.6 is 0 Å². The van der Waals surface area contributed by atoms with E-state index in [1.807, 2.05) is 243 Å². The minimum atomic E-state index is -5.05. The van der Waals surface area contributed by atoms with E-state index in [-0.39, 0.29) is 0 Å². The van der Waals surface area contributed by atoms with Crippen LogP contribution < -0.4 is 41.5 Å². The van der Waals surface area contributed by atoms with E-state index in [2.05, 4.69) is 0 Å². The maximum absolute atomic E-state index is 8.27. The Morgan fingerprint density at radius 1 is 0.189 bits per heavy atom. The normalized spacial score (nSPS) is 31.1. The Hall–Kier alpha value is -5.06. The van der Waals surface area contributed by atoms with Crippen LogP contribution in [0.1, 0.15) is 0 Å². The summed E-state index contributed by atoms with van der Waals surface area (Å²) in [5.74, 6) is 0. The van der Waals surface area contributed by atoms with Gasteiger partial charge in [-0.15, -0.1) is 0 Å². The molecule has 0 aromatic heterocycles. The summed E-state index contributed by atoms with van der Waals surface area (Å²) in [7, 11) is -32.6. The average Bonchev–Trinajstić information content (AvgIpc) is 3.47. The van der Waals surface area contributed by atoms with Gasteiger partial charge in [-0.25, -0.2) is 0 Å². The summed E-state index contributed by atoms with van der Waals surface area (Å²) < 4.78 is 109. The smallest absolute Gasteiger partial charge is 0.374 e. The van der Waals surface area contributed by atoms with Crippen molar-refractivity contribution in [2.45, 2.75) is 0 Å². The molecule has 4 fully saturated rings. The summed E-state index contributed by atoms with van der Waals surface area (Å²) in [5.41, 5.74) is 0. The van der Waals surface area contributed by atoms with Crippen molar-refractivity contribution in [1.82, 2.24) is 0 Å². The van der Waals surface area contributed by atoms with Crippen LogP contribution in [0.15, 0.2) is 243 Å². The molecule has 4 heterocycles. The number of rotatable bonds is 12. The molecule has 12 rings (SSSR count). The Bertz CT molecular complexity index is 2670. The van der Waals surface area contributed by atoms with Crippen LogP contribution in [0.5, 0.6) is 0 Å². The second-order valence-corrected chi connectivity index (χ2v) is 40.5. The SMILES string of the molecule is CO[Si]1(c2ccccc2)O[Si]2(c3ccccc3)O[Si](OC)(c3ccccc3)O[Si](c3ccccc3)(O1)O[Si]1(c3ccccc3)O[Si](OC)(c3ccccc3)O[Si](c3ccccc3)(O[Si](OC)(c3ccccc3)O1)O2. The van der Waals surface area contributed by atoms with E-state index >= 15 is 0 Å². The molecule has 0 aliphatic carbocycles. The van der Waals surface area contributed by atoms with Gasteiger partial charge in [-0.05, 0) is 0 Å². The van der Waals surface area contributed by atoms with Gasteiger partial charge in [0.1, 0.15) is 0 Å². The third-order valence-corrected chi connectivity index (χ3v) is 44.8. The number of hydrogen-bond donors (Lipinski definition) is 0. The van der Waals surface area contributed by atoms with Crippen molar-refractivity contribution in [3.05, 3.63) is 243 Å². The molecule has 4 aliphatic heterocycles. The van der Waals surface area contributed by atoms with Gasteiger partial charge in [0.25, 0.3) is 0 Å². The molecule has 0 amide bonds. The highest BCUT2D eigenvalue weighted by molar-refractivity contribution is 7.09. The van der Waals surface area contributed by atoms with Crippen molar-refractivity contribution in [2.24, 2.45) is 0 Å². The number of hydrogen-bond acceptors (Lipinski definition) is 14. The first-order chi connectivity index (χ1) is 36.2. The largest absolute Gasteiger partial charge is 0.522 e. The van der Waals surface area contributed by atoms with E-state index in [1.54, 1.807) is 28.4 Å². The van der Waals surface area contributed by atoms with Gasteiger partial charge in [-0.1, -0.05) is 243 Å². The molecule has 4 aliphatic rings. The molecule has 14 nitrogen and oxygen atoms in total. The predicted octanol–water partition coefficient (Wildman–Crippen LogP) is 3.55. The first-order valence-corrected chi connectivity index (χ1v) is 37.6. The van der Waals surface area contributed by atoms with Crippen LogP contribution in [-0.2, 0) is 58.9 Å². The predicted molar refractivity (Wildman–Crippen MR) is 294 cm³/mol. The topological polar surface area (TPSA) is 129 Å². The van der Waals surface area contributed by atoms with E-state index in [0.29, 0.717) is 41.5 Å². The van der Waals surface area contributed by atoms with Crippen molar-refractivity contribution < 1.29 is 58.9 Å². The Morgan fingerprint density at radius 2 is 0.324 bits per heavy atom. The molecule has 8 aromatic carbocycles. The zero-order valence-corrected chi connectivity index (χ0v) is 48.8. The molecule has 0 saturated carbocycles. The Labute approximate surface area is 439 Å². The van der Waals surface area contributed by atoms with Gasteiger partial charge < -0.3 is 58.9 Å². The second kappa shape index (κ2) is 20.8. The monoisotopic (exact) mass is 1120 g/mol. The Morgan fingerprint density at radius 3 is 0.459 bits per heavy atom. The molecule has 8 aromatic rings. The van der Waals surface area contributed by atoms with Crippen LogP contribution in [0.2, 0.25) is 0 Å². The van der Waals surface area contributed by atoms with E-state index in [9.17, 15) is 0 Å². The number of benzene rings is 8. The minimum absolute atomic E-state index is 0.467. The van der Waals surface area contributed by atoms with E-state index in [4.69, 9.17) is 58.9 Å². The van der Waals surface area contributed by atoms with E-state index < -0.39 is 70.4 Å². The molecule has 0 radical (unpaired) electrons. The van der Waals surface area contributed by atoms with Crippen LogP contribution in [-0.4, -0.2) is 98.9 Å². The summed E-state index contributed by atoms with van der Waals surface area (Å²) in [6.07, 6.45) is 0. The van der Waals surface area contributed by atoms with E-state index in [1.165, 1.54) is 0 Å². The van der Waals surface area contributed by atoms with Gasteiger partial charge in [0.15, 0.2) is 0 Å². The fourth-order valence-electron chi connectivity index (χ4n) is 9.22. The van der Waals surface area contributed by atoms with Crippen molar-refractivity contribution >= 4 is 112 Å². The van der Waals surface area contributed by atoms with Crippen molar-refractivity contribution in [3.8, 4) is 0 Å². The van der Waals surface area contributed by atoms with Gasteiger partial charge in [-0.3, -0.25) is 0 Å². The van der Waals surface area contributed by atoms with Crippen LogP contribution in [0, 0.1) is 0 Å². The molecule has 4 bridgehead atoms. The lowest BCUT2D eigenvalue weighted by atomic mass is 10.4. The first-order valence-electron chi connectivity index (χ1n) is 23.8. The molecule has 22 heteroatoms. The molecule has 0 spiro atoms. The van der Waals surface area contributed by atoms with Crippen LogP contribution in [0.3, 0.4) is 0 Å². The summed E-state index contributed by atoms with van der Waals surface area (Å²) in [6.45, 7) is 0. The third-order valence-electron chi connectivity index (χ3n) is 12.8. The molecule has 0 unspecified atom stereocenters. The number of fused-ring (bicyclic) bond motifs is 4. The fraction of sp³-hybridized carbons (Fsp3) is 0.0769. The standard InChI is InChI=1S/C52H52O14Si8/c1-53-67(45-29-13-5-14-30-45)57-71(49-37-21-9-22-38-49)59-68(54-2,46-31-15-6-16-32-46)60-72(58-67,50-39-23-10-24-40-50)66-74(52-43-27-12-28-44-52)62-69(55-3,47-33-17-7-18-34-47)61-73(65-71,51-41-25-11-26-42-51)63-70(56-4,64-74)48-35-19-8-20-36-48/h5-44H,1-4H3. The lowest BCUT2D eigenvalue weighted by Gasteiger charge is -2.56. The van der Waals surface area contributed by atoms with Crippen LogP contribution in [0.25, 0.3) is 0 Å². The molecule has 0 atom stereocenters. The van der Waals surface area contributed by atoms with E-state index in [0.717, 1.165) is 0 Å². The summed E-state index contributed by atoms with van der Waals surface area (Å²) >= 11 is 0. The molecule has 376 valence electrons. The first kappa shape index (κ1) is 51.1. The average molecular weight is 1130 g/mol. The van der Waals surface area contributed by atoms with Crippen molar-refractivity contribution in [1.29, 1.82) is 0 Å². The highest BCUT2D eigenvalue weighted by atomic mass is 28.6. The molecule has 0 N–H and O–H groups in total. The van der Waals surface area contributed by atoms with Gasteiger partial charge in [0, 0.05) is 69.9 Å². The van der Waals surface area contributed by atoms with Crippen molar-refractivity contribution in [3.63, 3.8) is 0 Å². The molecular weight excluding hydrogens is 1070 g/mol. The fourth-order valence-corrected chi connectivity index (χ4v) is 49.9. The minimum Gasteiger partial charge on any atom is -0.374 e. The van der Waals surface area contributed by atoms with Gasteiger partial charge in [-0.2, -0.15) is 0 Å².